The summed E-state index contributed by atoms with van der Waals surface area (Å²) in [5.41, 5.74) is -2.20. The van der Waals surface area contributed by atoms with Crippen molar-refractivity contribution < 1.29 is 44.7 Å². The van der Waals surface area contributed by atoms with E-state index in [0.29, 0.717) is 35.1 Å². The number of pyridine rings is 4. The topological polar surface area (TPSA) is 144 Å². The highest BCUT2D eigenvalue weighted by Gasteiger charge is 2.49. The molecule has 2 aromatic carbocycles. The van der Waals surface area contributed by atoms with E-state index in [0.717, 1.165) is 28.0 Å². The number of hydrogen-bond acceptors (Lipinski definition) is 12. The number of hydrogen-bond donors (Lipinski definition) is 1. The molecule has 52 heavy (non-hydrogen) atoms. The van der Waals surface area contributed by atoms with Crippen LogP contribution in [-0.2, 0) is 10.1 Å². The molecule has 0 spiro atoms. The van der Waals surface area contributed by atoms with Gasteiger partial charge in [-0.1, -0.05) is 6.08 Å². The Labute approximate surface area is 297 Å². The molecule has 6 rings (SSSR count). The van der Waals surface area contributed by atoms with Crippen molar-refractivity contribution in [1.82, 2.24) is 19.9 Å². The Morgan fingerprint density at radius 1 is 0.712 bits per heavy atom. The number of alkyl halides is 3. The number of aromatic nitrogens is 4. The van der Waals surface area contributed by atoms with Crippen molar-refractivity contribution in [2.45, 2.75) is 5.51 Å². The molecule has 12 nitrogen and oxygen atoms in total. The van der Waals surface area contributed by atoms with E-state index in [1.165, 1.54) is 44.7 Å². The first-order valence-corrected chi connectivity index (χ1v) is 16.7. The van der Waals surface area contributed by atoms with E-state index >= 15 is 0 Å². The van der Waals surface area contributed by atoms with Gasteiger partial charge in [-0.2, -0.15) is 21.6 Å². The molecule has 0 aliphatic heterocycles. The van der Waals surface area contributed by atoms with Crippen LogP contribution in [0.3, 0.4) is 0 Å². The Morgan fingerprint density at radius 2 is 1.21 bits per heavy atom. The first-order valence-electron chi connectivity index (χ1n) is 15.2. The zero-order chi connectivity index (χ0) is 37.5. The number of halogens is 3. The third-order valence-corrected chi connectivity index (χ3v) is 8.35. The first-order chi connectivity index (χ1) is 24.9. The molecule has 4 aromatic heterocycles. The van der Waals surface area contributed by atoms with E-state index in [1.807, 2.05) is 36.4 Å². The number of nitrogens with one attached hydrogen (secondary N) is 1. The van der Waals surface area contributed by atoms with Crippen LogP contribution in [0.15, 0.2) is 97.8 Å². The third kappa shape index (κ3) is 8.07. The fourth-order valence-electron chi connectivity index (χ4n) is 4.93. The maximum Gasteiger partial charge on any atom is 0.534 e. The summed E-state index contributed by atoms with van der Waals surface area (Å²) in [4.78, 5) is 17.2. The summed E-state index contributed by atoms with van der Waals surface area (Å²) in [6.07, 6.45) is 4.98. The van der Waals surface area contributed by atoms with Gasteiger partial charge in [0.2, 0.25) is 5.88 Å². The molecule has 4 heterocycles. The van der Waals surface area contributed by atoms with E-state index in [-0.39, 0.29) is 16.6 Å². The van der Waals surface area contributed by atoms with Crippen LogP contribution in [0.2, 0.25) is 0 Å². The lowest BCUT2D eigenvalue weighted by atomic mass is 10.1. The quantitative estimate of drug-likeness (QED) is 0.0802. The molecule has 0 saturated carbocycles. The Bertz CT molecular complexity index is 2340. The van der Waals surface area contributed by atoms with E-state index in [2.05, 4.69) is 31.0 Å². The molecule has 0 fully saturated rings. The molecule has 0 unspecified atom stereocenters. The average Bonchev–Trinajstić information content (AvgIpc) is 3.15. The van der Waals surface area contributed by atoms with Crippen LogP contribution in [0.25, 0.3) is 44.3 Å². The number of benzene rings is 2. The Hall–Kier alpha value is -6.16. The molecule has 0 amide bonds. The van der Waals surface area contributed by atoms with Gasteiger partial charge in [0.1, 0.15) is 5.82 Å². The summed E-state index contributed by atoms with van der Waals surface area (Å²) >= 11 is 0. The van der Waals surface area contributed by atoms with Crippen LogP contribution in [0.5, 0.6) is 28.9 Å². The maximum atomic E-state index is 12.7. The molecule has 6 aromatic rings. The minimum atomic E-state index is -5.90. The van der Waals surface area contributed by atoms with Crippen molar-refractivity contribution >= 4 is 37.7 Å². The van der Waals surface area contributed by atoms with Gasteiger partial charge in [0.25, 0.3) is 0 Å². The van der Waals surface area contributed by atoms with E-state index < -0.39 is 21.5 Å². The standard InChI is InChI=1S/C19H19N3O2.C17H13F3N2O5S/c1-4-9-21-19-14-6-5-10-20-16(14)12-15(22-19)13-7-8-17(23-2)18(11-13)24-3;1-25-14-6-5-10(8-15(14)26-2)12-9-13-11(4-3-7-21-13)16(22-12)27-28(23,24)17(18,19)20/h4-8,10-12H,1,9H2,2-3H3,(H,21,22);3-9H,1-2H3. The monoisotopic (exact) mass is 735 g/mol. The Balaban J connectivity index is 0.000000203. The van der Waals surface area contributed by atoms with E-state index in [9.17, 15) is 21.6 Å². The lowest BCUT2D eigenvalue weighted by Crippen LogP contribution is -2.28. The molecule has 0 saturated heterocycles. The highest BCUT2D eigenvalue weighted by atomic mass is 32.2. The summed E-state index contributed by atoms with van der Waals surface area (Å²) in [5.74, 6) is 2.19. The lowest BCUT2D eigenvalue weighted by molar-refractivity contribution is -0.0500. The molecule has 0 atom stereocenters. The van der Waals surface area contributed by atoms with Gasteiger partial charge in [-0.25, -0.2) is 9.97 Å². The number of nitrogens with zero attached hydrogens (tertiary/aromatic N) is 4. The van der Waals surface area contributed by atoms with Crippen LogP contribution < -0.4 is 28.4 Å². The van der Waals surface area contributed by atoms with E-state index in [4.69, 9.17) is 23.9 Å². The lowest BCUT2D eigenvalue weighted by Gasteiger charge is -2.13. The fraction of sp³-hybridized carbons (Fsp3) is 0.167. The summed E-state index contributed by atoms with van der Waals surface area (Å²) in [5, 5.41) is 4.26. The highest BCUT2D eigenvalue weighted by molar-refractivity contribution is 7.88. The minimum Gasteiger partial charge on any atom is -0.493 e. The van der Waals surface area contributed by atoms with Crippen LogP contribution in [0.4, 0.5) is 19.0 Å². The summed E-state index contributed by atoms with van der Waals surface area (Å²) in [7, 11) is 0.204. The second-order valence-electron chi connectivity index (χ2n) is 10.6. The average molecular weight is 736 g/mol. The van der Waals surface area contributed by atoms with Crippen LogP contribution in [0.1, 0.15) is 0 Å². The minimum absolute atomic E-state index is 0.0135. The van der Waals surface area contributed by atoms with Crippen molar-refractivity contribution in [3.63, 3.8) is 0 Å². The van der Waals surface area contributed by atoms with Gasteiger partial charge in [0, 0.05) is 35.5 Å². The van der Waals surface area contributed by atoms with Crippen molar-refractivity contribution in [1.29, 1.82) is 0 Å². The predicted octanol–water partition coefficient (Wildman–Crippen LogP) is 7.45. The largest absolute Gasteiger partial charge is 0.534 e. The van der Waals surface area contributed by atoms with Crippen molar-refractivity contribution in [3.05, 3.63) is 97.8 Å². The molecule has 270 valence electrons. The van der Waals surface area contributed by atoms with Gasteiger partial charge < -0.3 is 28.4 Å². The number of ether oxygens (including phenoxy) is 4. The number of anilines is 1. The normalized spacial score (nSPS) is 11.3. The van der Waals surface area contributed by atoms with Crippen molar-refractivity contribution in [2.75, 3.05) is 40.3 Å². The second kappa shape index (κ2) is 15.8. The molecular weight excluding hydrogens is 703 g/mol. The van der Waals surface area contributed by atoms with Crippen LogP contribution >= 0.6 is 0 Å². The molecule has 1 N–H and O–H groups in total. The zero-order valence-electron chi connectivity index (χ0n) is 28.3. The van der Waals surface area contributed by atoms with Gasteiger partial charge in [-0.15, -0.1) is 6.58 Å². The van der Waals surface area contributed by atoms with Gasteiger partial charge in [-0.05, 0) is 72.8 Å². The van der Waals surface area contributed by atoms with Gasteiger partial charge in [0.05, 0.1) is 56.2 Å². The SMILES string of the molecule is C=CCNc1nc(-c2ccc(OC)c(OC)c2)cc2ncccc12.COc1ccc(-c2cc3ncccc3c(OS(=O)(=O)C(F)(F)F)n2)cc1OC. The number of fused-ring (bicyclic) bond motifs is 2. The molecular formula is C36H32F3N5O7S. The smallest absolute Gasteiger partial charge is 0.493 e. The summed E-state index contributed by atoms with van der Waals surface area (Å²) in [6.45, 7) is 4.37. The molecule has 0 aliphatic carbocycles. The van der Waals surface area contributed by atoms with Crippen LogP contribution in [0, 0.1) is 0 Å². The van der Waals surface area contributed by atoms with Gasteiger partial charge in [-0.3, -0.25) is 9.97 Å². The number of methoxy groups -OCH3 is 4. The number of rotatable bonds is 11. The molecule has 0 aliphatic rings. The molecule has 0 bridgehead atoms. The fourth-order valence-corrected chi connectivity index (χ4v) is 5.35. The van der Waals surface area contributed by atoms with Crippen LogP contribution in [-0.4, -0.2) is 68.8 Å². The Kier molecular flexibility index (Phi) is 11.3. The highest BCUT2D eigenvalue weighted by Crippen LogP contribution is 2.36. The Morgan fingerprint density at radius 3 is 1.71 bits per heavy atom. The first kappa shape index (κ1) is 37.1. The molecule has 0 radical (unpaired) electrons. The van der Waals surface area contributed by atoms with Crippen molar-refractivity contribution in [3.8, 4) is 51.4 Å². The maximum absolute atomic E-state index is 12.7. The van der Waals surface area contributed by atoms with E-state index in [1.54, 1.807) is 38.6 Å². The van der Waals surface area contributed by atoms with Gasteiger partial charge in [0.15, 0.2) is 23.0 Å². The zero-order valence-corrected chi connectivity index (χ0v) is 29.1. The predicted molar refractivity (Wildman–Crippen MR) is 190 cm³/mol. The van der Waals surface area contributed by atoms with Crippen molar-refractivity contribution in [2.24, 2.45) is 0 Å². The van der Waals surface area contributed by atoms with Gasteiger partial charge >= 0.3 is 15.6 Å². The third-order valence-electron chi connectivity index (χ3n) is 7.41. The molecule has 16 heteroatoms. The summed E-state index contributed by atoms with van der Waals surface area (Å²) in [6, 6.07) is 20.6. The second-order valence-corrected chi connectivity index (χ2v) is 12.1. The summed E-state index contributed by atoms with van der Waals surface area (Å²) < 4.78 is 86.4.